The average Bonchev–Trinajstić information content (AvgIpc) is 2.31. The van der Waals surface area contributed by atoms with Crippen LogP contribution in [0, 0.1) is 5.92 Å². The van der Waals surface area contributed by atoms with Crippen molar-refractivity contribution in [2.45, 2.75) is 64.8 Å². The maximum Gasteiger partial charge on any atom is 0.0443 e. The Labute approximate surface area is 101 Å². The van der Waals surface area contributed by atoms with Crippen molar-refractivity contribution in [1.29, 1.82) is 0 Å². The highest BCUT2D eigenvalue weighted by Crippen LogP contribution is 2.28. The normalized spacial score (nSPS) is 26.2. The van der Waals surface area contributed by atoms with Crippen LogP contribution in [0.25, 0.3) is 0 Å². The van der Waals surface area contributed by atoms with Crippen molar-refractivity contribution in [3.8, 4) is 0 Å². The van der Waals surface area contributed by atoms with Crippen LogP contribution in [0.2, 0.25) is 0 Å². The van der Waals surface area contributed by atoms with E-state index in [1.165, 1.54) is 45.1 Å². The lowest BCUT2D eigenvalue weighted by atomic mass is 9.84. The van der Waals surface area contributed by atoms with Gasteiger partial charge in [-0.05, 0) is 38.1 Å². The minimum absolute atomic E-state index is 0.337. The lowest BCUT2D eigenvalue weighted by Gasteiger charge is -2.38. The molecule has 0 radical (unpaired) electrons. The minimum atomic E-state index is 0.337. The van der Waals surface area contributed by atoms with Crippen LogP contribution in [0.4, 0.5) is 0 Å². The molecular weight excluding hydrogens is 198 g/mol. The molecule has 0 aliphatic heterocycles. The first kappa shape index (κ1) is 14.0. The van der Waals surface area contributed by atoms with Crippen LogP contribution in [0.1, 0.15) is 58.8 Å². The van der Waals surface area contributed by atoms with E-state index in [4.69, 9.17) is 5.11 Å². The molecule has 1 saturated carbocycles. The summed E-state index contributed by atoms with van der Waals surface area (Å²) in [5.74, 6) is 0.851. The molecule has 1 aliphatic carbocycles. The molecule has 0 aromatic carbocycles. The lowest BCUT2D eigenvalue weighted by Crippen LogP contribution is -2.42. The summed E-state index contributed by atoms with van der Waals surface area (Å²) in [5.41, 5.74) is 0. The topological polar surface area (TPSA) is 23.5 Å². The van der Waals surface area contributed by atoms with E-state index in [1.54, 1.807) is 0 Å². The number of hydrogen-bond acceptors (Lipinski definition) is 2. The first-order valence-corrected chi connectivity index (χ1v) is 7.14. The molecule has 0 spiro atoms. The Morgan fingerprint density at radius 1 is 1.12 bits per heavy atom. The van der Waals surface area contributed by atoms with Gasteiger partial charge in [-0.3, -0.25) is 0 Å². The lowest BCUT2D eigenvalue weighted by molar-refractivity contribution is 0.102. The van der Waals surface area contributed by atoms with Gasteiger partial charge in [0.05, 0.1) is 0 Å². The molecule has 2 nitrogen and oxygen atoms in total. The van der Waals surface area contributed by atoms with E-state index in [0.717, 1.165) is 24.9 Å². The zero-order chi connectivity index (χ0) is 11.8. The molecule has 2 unspecified atom stereocenters. The number of aliphatic hydroxyl groups is 1. The van der Waals surface area contributed by atoms with E-state index in [9.17, 15) is 0 Å². The van der Waals surface area contributed by atoms with Crippen molar-refractivity contribution in [1.82, 2.24) is 4.90 Å². The molecule has 1 rings (SSSR count). The monoisotopic (exact) mass is 227 g/mol. The third-order valence-electron chi connectivity index (χ3n) is 3.94. The summed E-state index contributed by atoms with van der Waals surface area (Å²) in [6.45, 7) is 7.32. The van der Waals surface area contributed by atoms with Crippen molar-refractivity contribution in [3.05, 3.63) is 0 Å². The highest BCUT2D eigenvalue weighted by atomic mass is 16.3. The highest BCUT2D eigenvalue weighted by Gasteiger charge is 2.26. The molecule has 0 heterocycles. The van der Waals surface area contributed by atoms with Crippen LogP contribution in [-0.4, -0.2) is 35.7 Å². The van der Waals surface area contributed by atoms with Gasteiger partial charge in [0.1, 0.15) is 0 Å². The molecule has 0 aromatic rings. The number of unbranched alkanes of at least 4 members (excludes halogenated alkanes) is 1. The summed E-state index contributed by atoms with van der Waals surface area (Å²) in [5, 5.41) is 8.98. The van der Waals surface area contributed by atoms with Gasteiger partial charge >= 0.3 is 0 Å². The Hall–Kier alpha value is -0.0800. The Kier molecular flexibility index (Phi) is 7.06. The molecule has 0 bridgehead atoms. The van der Waals surface area contributed by atoms with E-state index in [1.807, 2.05) is 0 Å². The predicted molar refractivity (Wildman–Crippen MR) is 69.6 cm³/mol. The van der Waals surface area contributed by atoms with E-state index in [-0.39, 0.29) is 0 Å². The highest BCUT2D eigenvalue weighted by molar-refractivity contribution is 4.81. The van der Waals surface area contributed by atoms with Crippen LogP contribution in [-0.2, 0) is 0 Å². The first-order chi connectivity index (χ1) is 7.79. The number of rotatable bonds is 7. The quantitative estimate of drug-likeness (QED) is 0.722. The Morgan fingerprint density at radius 3 is 2.44 bits per heavy atom. The molecule has 16 heavy (non-hydrogen) atoms. The SMILES string of the molecule is CCCCN(CCCO)C1CCCCC1C. The maximum atomic E-state index is 8.98. The van der Waals surface area contributed by atoms with Gasteiger partial charge in [-0.25, -0.2) is 0 Å². The first-order valence-electron chi connectivity index (χ1n) is 7.14. The zero-order valence-electron chi connectivity index (χ0n) is 11.1. The standard InChI is InChI=1S/C14H29NO/c1-3-4-10-15(11-7-12-16)14-9-6-5-8-13(14)2/h13-14,16H,3-12H2,1-2H3. The van der Waals surface area contributed by atoms with Crippen molar-refractivity contribution in [3.63, 3.8) is 0 Å². The van der Waals surface area contributed by atoms with Crippen LogP contribution in [0.15, 0.2) is 0 Å². The number of hydrogen-bond donors (Lipinski definition) is 1. The second-order valence-electron chi connectivity index (χ2n) is 5.30. The van der Waals surface area contributed by atoms with Crippen molar-refractivity contribution < 1.29 is 5.11 Å². The van der Waals surface area contributed by atoms with Gasteiger partial charge in [0.2, 0.25) is 0 Å². The summed E-state index contributed by atoms with van der Waals surface area (Å²) in [6.07, 6.45) is 9.09. The van der Waals surface area contributed by atoms with Gasteiger partial charge in [-0.1, -0.05) is 33.1 Å². The van der Waals surface area contributed by atoms with Crippen LogP contribution < -0.4 is 0 Å². The minimum Gasteiger partial charge on any atom is -0.396 e. The summed E-state index contributed by atoms with van der Waals surface area (Å²) >= 11 is 0. The molecule has 2 heteroatoms. The van der Waals surface area contributed by atoms with E-state index < -0.39 is 0 Å². The van der Waals surface area contributed by atoms with Gasteiger partial charge in [0, 0.05) is 19.2 Å². The van der Waals surface area contributed by atoms with Gasteiger partial charge in [0.25, 0.3) is 0 Å². The third-order valence-corrected chi connectivity index (χ3v) is 3.94. The molecule has 1 fully saturated rings. The maximum absolute atomic E-state index is 8.98. The molecule has 2 atom stereocenters. The molecule has 0 aromatic heterocycles. The molecule has 0 amide bonds. The second kappa shape index (κ2) is 8.08. The van der Waals surface area contributed by atoms with Gasteiger partial charge in [-0.15, -0.1) is 0 Å². The van der Waals surface area contributed by atoms with Crippen molar-refractivity contribution in [2.75, 3.05) is 19.7 Å². The van der Waals surface area contributed by atoms with Gasteiger partial charge < -0.3 is 10.0 Å². The molecular formula is C14H29NO. The largest absolute Gasteiger partial charge is 0.396 e. The molecule has 1 N–H and O–H groups in total. The van der Waals surface area contributed by atoms with Crippen LogP contribution in [0.5, 0.6) is 0 Å². The summed E-state index contributed by atoms with van der Waals surface area (Å²) in [6, 6.07) is 0.784. The fraction of sp³-hybridized carbons (Fsp3) is 1.00. The fourth-order valence-corrected chi connectivity index (χ4v) is 2.92. The van der Waals surface area contributed by atoms with E-state index >= 15 is 0 Å². The second-order valence-corrected chi connectivity index (χ2v) is 5.30. The molecule has 1 aliphatic rings. The summed E-state index contributed by atoms with van der Waals surface area (Å²) in [4.78, 5) is 2.64. The Bertz CT molecular complexity index is 164. The smallest absolute Gasteiger partial charge is 0.0443 e. The summed E-state index contributed by atoms with van der Waals surface area (Å²) < 4.78 is 0. The predicted octanol–water partition coefficient (Wildman–Crippen LogP) is 3.05. The van der Waals surface area contributed by atoms with E-state index in [0.29, 0.717) is 6.61 Å². The molecule has 0 saturated heterocycles. The van der Waals surface area contributed by atoms with Crippen molar-refractivity contribution in [2.24, 2.45) is 5.92 Å². The van der Waals surface area contributed by atoms with Crippen molar-refractivity contribution >= 4 is 0 Å². The van der Waals surface area contributed by atoms with Crippen LogP contribution in [0.3, 0.4) is 0 Å². The fourth-order valence-electron chi connectivity index (χ4n) is 2.92. The van der Waals surface area contributed by atoms with Gasteiger partial charge in [0.15, 0.2) is 0 Å². The Balaban J connectivity index is 2.44. The average molecular weight is 227 g/mol. The Morgan fingerprint density at radius 2 is 1.81 bits per heavy atom. The van der Waals surface area contributed by atoms with E-state index in [2.05, 4.69) is 18.7 Å². The number of aliphatic hydroxyl groups excluding tert-OH is 1. The summed E-state index contributed by atoms with van der Waals surface area (Å²) in [7, 11) is 0. The zero-order valence-corrected chi connectivity index (χ0v) is 11.1. The third kappa shape index (κ3) is 4.42. The molecule has 96 valence electrons. The van der Waals surface area contributed by atoms with Gasteiger partial charge in [-0.2, -0.15) is 0 Å². The number of nitrogens with zero attached hydrogens (tertiary/aromatic N) is 1. The van der Waals surface area contributed by atoms with Crippen LogP contribution >= 0.6 is 0 Å².